The van der Waals surface area contributed by atoms with Crippen molar-refractivity contribution in [2.24, 2.45) is 5.84 Å². The van der Waals surface area contributed by atoms with E-state index in [0.717, 1.165) is 12.8 Å². The molecule has 6 nitrogen and oxygen atoms in total. The third-order valence-corrected chi connectivity index (χ3v) is 5.20. The number of nitrogens with two attached hydrogens (primary N) is 1. The van der Waals surface area contributed by atoms with Crippen molar-refractivity contribution in [1.82, 2.24) is 19.5 Å². The molecule has 0 saturated heterocycles. The maximum Gasteiger partial charge on any atom is 0.226 e. The van der Waals surface area contributed by atoms with Gasteiger partial charge in [0.15, 0.2) is 17.0 Å². The van der Waals surface area contributed by atoms with E-state index in [1.807, 2.05) is 0 Å². The lowest BCUT2D eigenvalue weighted by molar-refractivity contribution is 0.529. The number of anilines is 2. The zero-order valence-corrected chi connectivity index (χ0v) is 15.4. The van der Waals surface area contributed by atoms with Crippen LogP contribution in [0, 0.1) is 0 Å². The molecule has 4 rings (SSSR count). The van der Waals surface area contributed by atoms with E-state index >= 15 is 0 Å². The fourth-order valence-corrected chi connectivity index (χ4v) is 3.94. The van der Waals surface area contributed by atoms with Gasteiger partial charge >= 0.3 is 0 Å². The number of hydrazine groups is 1. The number of nitrogens with zero attached hydrogens (tertiary/aromatic N) is 5. The van der Waals surface area contributed by atoms with Gasteiger partial charge in [-0.3, -0.25) is 5.01 Å². The molecule has 130 valence electrons. The SMILES string of the molecule is NN(c1ccc(Cl)cc1Cl)c1nc(Cl)nc2c1ncn2C1CCCC1. The molecule has 0 radical (unpaired) electrons. The first kappa shape index (κ1) is 16.8. The van der Waals surface area contributed by atoms with E-state index in [1.165, 1.54) is 17.9 Å². The second-order valence-electron chi connectivity index (χ2n) is 6.04. The summed E-state index contributed by atoms with van der Waals surface area (Å²) in [5.74, 6) is 6.67. The molecular weight excluding hydrogens is 383 g/mol. The molecule has 0 bridgehead atoms. The summed E-state index contributed by atoms with van der Waals surface area (Å²) in [6, 6.07) is 5.43. The number of fused-ring (bicyclic) bond motifs is 1. The smallest absolute Gasteiger partial charge is 0.226 e. The molecule has 1 fully saturated rings. The highest BCUT2D eigenvalue weighted by molar-refractivity contribution is 6.36. The van der Waals surface area contributed by atoms with Gasteiger partial charge in [0.25, 0.3) is 0 Å². The highest BCUT2D eigenvalue weighted by atomic mass is 35.5. The Morgan fingerprint density at radius 2 is 1.88 bits per heavy atom. The Bertz CT molecular complexity index is 935. The van der Waals surface area contributed by atoms with E-state index in [0.29, 0.717) is 38.8 Å². The molecule has 3 aromatic rings. The highest BCUT2D eigenvalue weighted by Gasteiger charge is 2.23. The third-order valence-electron chi connectivity index (χ3n) is 4.49. The topological polar surface area (TPSA) is 72.9 Å². The van der Waals surface area contributed by atoms with Crippen LogP contribution < -0.4 is 10.9 Å². The quantitative estimate of drug-likeness (QED) is 0.386. The molecule has 1 aliphatic rings. The van der Waals surface area contributed by atoms with Crippen LogP contribution in [0.4, 0.5) is 11.5 Å². The van der Waals surface area contributed by atoms with Crippen molar-refractivity contribution in [2.75, 3.05) is 5.01 Å². The molecule has 25 heavy (non-hydrogen) atoms. The summed E-state index contributed by atoms with van der Waals surface area (Å²) in [6.07, 6.45) is 6.42. The van der Waals surface area contributed by atoms with E-state index in [2.05, 4.69) is 19.5 Å². The lowest BCUT2D eigenvalue weighted by atomic mass is 10.2. The van der Waals surface area contributed by atoms with Gasteiger partial charge in [0.2, 0.25) is 5.28 Å². The first-order chi connectivity index (χ1) is 12.0. The van der Waals surface area contributed by atoms with Crippen LogP contribution in [0.2, 0.25) is 15.3 Å². The Kier molecular flexibility index (Phi) is 4.45. The van der Waals surface area contributed by atoms with Gasteiger partial charge in [0, 0.05) is 11.1 Å². The van der Waals surface area contributed by atoms with Crippen molar-refractivity contribution in [3.63, 3.8) is 0 Å². The van der Waals surface area contributed by atoms with Crippen LogP contribution in [0.5, 0.6) is 0 Å². The molecule has 1 aromatic carbocycles. The molecule has 2 heterocycles. The van der Waals surface area contributed by atoms with Crippen LogP contribution in [0.15, 0.2) is 24.5 Å². The Morgan fingerprint density at radius 3 is 2.60 bits per heavy atom. The van der Waals surface area contributed by atoms with E-state index in [9.17, 15) is 0 Å². The number of halogens is 3. The Labute approximate surface area is 159 Å². The van der Waals surface area contributed by atoms with Crippen LogP contribution in [-0.4, -0.2) is 19.5 Å². The molecule has 2 N–H and O–H groups in total. The summed E-state index contributed by atoms with van der Waals surface area (Å²) in [5, 5.41) is 2.41. The Morgan fingerprint density at radius 1 is 1.12 bits per heavy atom. The van der Waals surface area contributed by atoms with E-state index in [1.54, 1.807) is 24.5 Å². The predicted octanol–water partition coefficient (Wildman–Crippen LogP) is 4.91. The predicted molar refractivity (Wildman–Crippen MR) is 101 cm³/mol. The molecular formula is C16H15Cl3N6. The maximum absolute atomic E-state index is 6.27. The van der Waals surface area contributed by atoms with Crippen molar-refractivity contribution < 1.29 is 0 Å². The second kappa shape index (κ2) is 6.61. The normalized spacial score (nSPS) is 15.2. The first-order valence-electron chi connectivity index (χ1n) is 7.94. The van der Waals surface area contributed by atoms with Gasteiger partial charge in [0.05, 0.1) is 17.0 Å². The fourth-order valence-electron chi connectivity index (χ4n) is 3.28. The van der Waals surface area contributed by atoms with Gasteiger partial charge < -0.3 is 4.57 Å². The number of rotatable bonds is 3. The summed E-state index contributed by atoms with van der Waals surface area (Å²) >= 11 is 18.4. The summed E-state index contributed by atoms with van der Waals surface area (Å²) < 4.78 is 2.07. The Balaban J connectivity index is 1.84. The summed E-state index contributed by atoms with van der Waals surface area (Å²) in [5.41, 5.74) is 1.82. The number of benzene rings is 1. The Hall–Kier alpha value is -1.60. The molecule has 0 atom stereocenters. The minimum atomic E-state index is 0.114. The monoisotopic (exact) mass is 396 g/mol. The molecule has 0 spiro atoms. The third kappa shape index (κ3) is 3.04. The zero-order chi connectivity index (χ0) is 17.6. The van der Waals surface area contributed by atoms with Gasteiger partial charge in [-0.25, -0.2) is 10.8 Å². The molecule has 2 aromatic heterocycles. The van der Waals surface area contributed by atoms with Crippen molar-refractivity contribution in [3.8, 4) is 0 Å². The average molecular weight is 398 g/mol. The van der Waals surface area contributed by atoms with E-state index in [-0.39, 0.29) is 5.28 Å². The minimum Gasteiger partial charge on any atom is -0.312 e. The van der Waals surface area contributed by atoms with Crippen LogP contribution in [0.1, 0.15) is 31.7 Å². The van der Waals surface area contributed by atoms with Gasteiger partial charge in [-0.15, -0.1) is 0 Å². The minimum absolute atomic E-state index is 0.114. The number of aromatic nitrogens is 4. The van der Waals surface area contributed by atoms with Crippen molar-refractivity contribution >= 4 is 57.5 Å². The lowest BCUT2D eigenvalue weighted by Crippen LogP contribution is -2.27. The number of hydrogen-bond acceptors (Lipinski definition) is 5. The van der Waals surface area contributed by atoms with Crippen LogP contribution >= 0.6 is 34.8 Å². The molecule has 1 aliphatic carbocycles. The fraction of sp³-hybridized carbons (Fsp3) is 0.312. The van der Waals surface area contributed by atoms with Crippen LogP contribution in [0.25, 0.3) is 11.2 Å². The van der Waals surface area contributed by atoms with Crippen LogP contribution in [0.3, 0.4) is 0 Å². The highest BCUT2D eigenvalue weighted by Crippen LogP contribution is 2.36. The summed E-state index contributed by atoms with van der Waals surface area (Å²) in [7, 11) is 0. The van der Waals surface area contributed by atoms with Crippen LogP contribution in [-0.2, 0) is 0 Å². The van der Waals surface area contributed by atoms with Crippen molar-refractivity contribution in [2.45, 2.75) is 31.7 Å². The van der Waals surface area contributed by atoms with E-state index in [4.69, 9.17) is 40.6 Å². The van der Waals surface area contributed by atoms with Crippen molar-refractivity contribution in [1.29, 1.82) is 0 Å². The lowest BCUT2D eigenvalue weighted by Gasteiger charge is -2.19. The molecule has 1 saturated carbocycles. The standard InChI is InChI=1S/C16H15Cl3N6/c17-9-5-6-12(11(18)7-9)25(20)15-13-14(22-16(19)23-15)24(8-21-13)10-3-1-2-4-10/h5-8,10H,1-4,20H2. The van der Waals surface area contributed by atoms with Gasteiger partial charge in [-0.05, 0) is 42.6 Å². The van der Waals surface area contributed by atoms with Gasteiger partial charge in [-0.2, -0.15) is 9.97 Å². The molecule has 0 unspecified atom stereocenters. The maximum atomic E-state index is 6.27. The van der Waals surface area contributed by atoms with Gasteiger partial charge in [0.1, 0.15) is 0 Å². The first-order valence-corrected chi connectivity index (χ1v) is 9.08. The van der Waals surface area contributed by atoms with Gasteiger partial charge in [-0.1, -0.05) is 36.0 Å². The molecule has 9 heteroatoms. The zero-order valence-electron chi connectivity index (χ0n) is 13.2. The number of hydrogen-bond donors (Lipinski definition) is 1. The molecule has 0 aliphatic heterocycles. The average Bonchev–Trinajstić information content (AvgIpc) is 3.22. The largest absolute Gasteiger partial charge is 0.312 e. The second-order valence-corrected chi connectivity index (χ2v) is 7.23. The number of imidazole rings is 1. The summed E-state index contributed by atoms with van der Waals surface area (Å²) in [6.45, 7) is 0. The summed E-state index contributed by atoms with van der Waals surface area (Å²) in [4.78, 5) is 13.1. The van der Waals surface area contributed by atoms with E-state index < -0.39 is 0 Å². The molecule has 0 amide bonds. The van der Waals surface area contributed by atoms with Crippen molar-refractivity contribution in [3.05, 3.63) is 39.9 Å².